The summed E-state index contributed by atoms with van der Waals surface area (Å²) in [7, 11) is 0. The molecule has 1 heterocycles. The Morgan fingerprint density at radius 3 is 2.92 bits per heavy atom. The highest BCUT2D eigenvalue weighted by Crippen LogP contribution is 2.30. The van der Waals surface area contributed by atoms with Crippen molar-refractivity contribution in [2.24, 2.45) is 5.92 Å². The van der Waals surface area contributed by atoms with Gasteiger partial charge in [-0.05, 0) is 18.1 Å². The molecule has 2 nitrogen and oxygen atoms in total. The molecule has 0 spiro atoms. The summed E-state index contributed by atoms with van der Waals surface area (Å²) in [6, 6.07) is 3.72. The number of rotatable bonds is 3. The van der Waals surface area contributed by atoms with Crippen molar-refractivity contribution in [1.82, 2.24) is 4.98 Å². The standard InChI is InChI=1S/C10H13NO/c12-10(7-8-3-1-4-8)9-5-2-6-11-9/h2,5-6,8,11H,1,3-4,7H2. The van der Waals surface area contributed by atoms with E-state index < -0.39 is 0 Å². The number of H-pyrrole nitrogens is 1. The Kier molecular flexibility index (Phi) is 1.98. The van der Waals surface area contributed by atoms with E-state index >= 15 is 0 Å². The SMILES string of the molecule is O=C(CC1CCC1)c1ccc[nH]1. The van der Waals surface area contributed by atoms with E-state index in [-0.39, 0.29) is 5.78 Å². The molecule has 0 amide bonds. The molecule has 1 N–H and O–H groups in total. The first-order chi connectivity index (χ1) is 5.86. The highest BCUT2D eigenvalue weighted by Gasteiger charge is 2.21. The maximum atomic E-state index is 11.5. The van der Waals surface area contributed by atoms with Crippen molar-refractivity contribution in [3.63, 3.8) is 0 Å². The number of Topliss-reactive ketones (excluding diaryl/α,β-unsaturated/α-hetero) is 1. The van der Waals surface area contributed by atoms with E-state index in [1.165, 1.54) is 19.3 Å². The molecule has 0 saturated heterocycles. The summed E-state index contributed by atoms with van der Waals surface area (Å²) >= 11 is 0. The molecular weight excluding hydrogens is 150 g/mol. The van der Waals surface area contributed by atoms with Gasteiger partial charge in [0.25, 0.3) is 0 Å². The van der Waals surface area contributed by atoms with Crippen molar-refractivity contribution >= 4 is 5.78 Å². The van der Waals surface area contributed by atoms with Crippen LogP contribution in [0.15, 0.2) is 18.3 Å². The van der Waals surface area contributed by atoms with Gasteiger partial charge in [0.15, 0.2) is 5.78 Å². The minimum absolute atomic E-state index is 0.268. The Balaban J connectivity index is 1.92. The summed E-state index contributed by atoms with van der Waals surface area (Å²) < 4.78 is 0. The first-order valence-electron chi connectivity index (χ1n) is 4.53. The normalized spacial score (nSPS) is 17.3. The lowest BCUT2D eigenvalue weighted by atomic mass is 9.81. The molecule has 64 valence electrons. The van der Waals surface area contributed by atoms with Gasteiger partial charge < -0.3 is 4.98 Å². The van der Waals surface area contributed by atoms with Gasteiger partial charge in [0.2, 0.25) is 0 Å². The van der Waals surface area contributed by atoms with Crippen molar-refractivity contribution in [2.45, 2.75) is 25.7 Å². The maximum Gasteiger partial charge on any atom is 0.179 e. The summed E-state index contributed by atoms with van der Waals surface area (Å²) in [6.45, 7) is 0. The van der Waals surface area contributed by atoms with Gasteiger partial charge >= 0.3 is 0 Å². The van der Waals surface area contributed by atoms with Crippen LogP contribution in [0.4, 0.5) is 0 Å². The van der Waals surface area contributed by atoms with E-state index in [1.54, 1.807) is 6.20 Å². The van der Waals surface area contributed by atoms with Gasteiger partial charge in [-0.25, -0.2) is 0 Å². The zero-order chi connectivity index (χ0) is 8.39. The van der Waals surface area contributed by atoms with E-state index in [4.69, 9.17) is 0 Å². The molecular formula is C10H13NO. The third kappa shape index (κ3) is 1.42. The van der Waals surface area contributed by atoms with Gasteiger partial charge in [0, 0.05) is 12.6 Å². The molecule has 0 radical (unpaired) electrons. The van der Waals surface area contributed by atoms with Gasteiger partial charge in [-0.3, -0.25) is 4.79 Å². The molecule has 0 bridgehead atoms. The van der Waals surface area contributed by atoms with Crippen molar-refractivity contribution in [2.75, 3.05) is 0 Å². The predicted molar refractivity (Wildman–Crippen MR) is 47.1 cm³/mol. The van der Waals surface area contributed by atoms with E-state index in [2.05, 4.69) is 4.98 Å². The van der Waals surface area contributed by atoms with E-state index in [0.717, 1.165) is 12.1 Å². The van der Waals surface area contributed by atoms with Gasteiger partial charge in [-0.1, -0.05) is 19.3 Å². The zero-order valence-corrected chi connectivity index (χ0v) is 7.05. The van der Waals surface area contributed by atoms with Gasteiger partial charge in [0.05, 0.1) is 5.69 Å². The number of carbonyl (C=O) groups is 1. The number of carbonyl (C=O) groups excluding carboxylic acids is 1. The molecule has 1 aromatic rings. The maximum absolute atomic E-state index is 11.5. The van der Waals surface area contributed by atoms with Crippen LogP contribution < -0.4 is 0 Å². The van der Waals surface area contributed by atoms with Crippen molar-refractivity contribution < 1.29 is 4.79 Å². The second-order valence-corrected chi connectivity index (χ2v) is 3.51. The lowest BCUT2D eigenvalue weighted by Crippen LogP contribution is -2.16. The number of nitrogens with one attached hydrogen (secondary N) is 1. The van der Waals surface area contributed by atoms with Crippen LogP contribution in [0.2, 0.25) is 0 Å². The van der Waals surface area contributed by atoms with Crippen LogP contribution in [0.1, 0.15) is 36.2 Å². The highest BCUT2D eigenvalue weighted by atomic mass is 16.1. The van der Waals surface area contributed by atoms with Gasteiger partial charge in [-0.15, -0.1) is 0 Å². The second-order valence-electron chi connectivity index (χ2n) is 3.51. The van der Waals surface area contributed by atoms with E-state index in [1.807, 2.05) is 12.1 Å². The van der Waals surface area contributed by atoms with Crippen molar-refractivity contribution in [3.05, 3.63) is 24.0 Å². The molecule has 0 aliphatic heterocycles. The lowest BCUT2D eigenvalue weighted by Gasteiger charge is -2.23. The van der Waals surface area contributed by atoms with E-state index in [0.29, 0.717) is 5.92 Å². The molecule has 1 saturated carbocycles. The van der Waals surface area contributed by atoms with E-state index in [9.17, 15) is 4.79 Å². The fourth-order valence-electron chi connectivity index (χ4n) is 1.57. The summed E-state index contributed by atoms with van der Waals surface area (Å²) in [6.07, 6.45) is 6.33. The molecule has 12 heavy (non-hydrogen) atoms. The predicted octanol–water partition coefficient (Wildman–Crippen LogP) is 2.39. The zero-order valence-electron chi connectivity index (χ0n) is 7.05. The van der Waals surface area contributed by atoms with Crippen LogP contribution in [0.25, 0.3) is 0 Å². The molecule has 2 rings (SSSR count). The van der Waals surface area contributed by atoms with Crippen molar-refractivity contribution in [3.8, 4) is 0 Å². The molecule has 0 atom stereocenters. The molecule has 1 aliphatic rings. The topological polar surface area (TPSA) is 32.9 Å². The third-order valence-corrected chi connectivity index (χ3v) is 2.60. The Morgan fingerprint density at radius 2 is 2.42 bits per heavy atom. The first-order valence-corrected chi connectivity index (χ1v) is 4.53. The minimum Gasteiger partial charge on any atom is -0.359 e. The summed E-state index contributed by atoms with van der Waals surface area (Å²) in [4.78, 5) is 14.4. The quantitative estimate of drug-likeness (QED) is 0.682. The number of hydrogen-bond acceptors (Lipinski definition) is 1. The molecule has 0 aromatic carbocycles. The van der Waals surface area contributed by atoms with Crippen LogP contribution in [0.3, 0.4) is 0 Å². The summed E-state index contributed by atoms with van der Waals surface area (Å²) in [5, 5.41) is 0. The fourth-order valence-corrected chi connectivity index (χ4v) is 1.57. The highest BCUT2D eigenvalue weighted by molar-refractivity contribution is 5.94. The van der Waals surface area contributed by atoms with Gasteiger partial charge in [-0.2, -0.15) is 0 Å². The molecule has 2 heteroatoms. The van der Waals surface area contributed by atoms with Crippen LogP contribution >= 0.6 is 0 Å². The Labute approximate surface area is 72.0 Å². The summed E-state index contributed by atoms with van der Waals surface area (Å²) in [5.74, 6) is 0.936. The number of aromatic nitrogens is 1. The number of ketones is 1. The molecule has 1 aliphatic carbocycles. The monoisotopic (exact) mass is 163 g/mol. The average molecular weight is 163 g/mol. The van der Waals surface area contributed by atoms with Crippen LogP contribution in [-0.4, -0.2) is 10.8 Å². The molecule has 0 unspecified atom stereocenters. The average Bonchev–Trinajstić information content (AvgIpc) is 2.47. The Bertz CT molecular complexity index is 259. The Morgan fingerprint density at radius 1 is 1.58 bits per heavy atom. The smallest absolute Gasteiger partial charge is 0.179 e. The lowest BCUT2D eigenvalue weighted by molar-refractivity contribution is 0.0932. The third-order valence-electron chi connectivity index (χ3n) is 2.60. The van der Waals surface area contributed by atoms with Crippen LogP contribution in [0.5, 0.6) is 0 Å². The largest absolute Gasteiger partial charge is 0.359 e. The molecule has 1 fully saturated rings. The minimum atomic E-state index is 0.268. The Hall–Kier alpha value is -1.05. The number of aromatic amines is 1. The number of hydrogen-bond donors (Lipinski definition) is 1. The van der Waals surface area contributed by atoms with Crippen molar-refractivity contribution in [1.29, 1.82) is 0 Å². The van der Waals surface area contributed by atoms with Crippen LogP contribution in [-0.2, 0) is 0 Å². The molecule has 1 aromatic heterocycles. The van der Waals surface area contributed by atoms with Gasteiger partial charge in [0.1, 0.15) is 0 Å². The first kappa shape index (κ1) is 7.59. The fraction of sp³-hybridized carbons (Fsp3) is 0.500. The second kappa shape index (κ2) is 3.13. The van der Waals surface area contributed by atoms with Crippen LogP contribution in [0, 0.1) is 5.92 Å². The summed E-state index contributed by atoms with van der Waals surface area (Å²) in [5.41, 5.74) is 0.766.